The minimum Gasteiger partial charge on any atom is -0.336 e. The van der Waals surface area contributed by atoms with Crippen LogP contribution in [0.4, 0.5) is 11.4 Å². The molecule has 2 aromatic carbocycles. The number of piperidine rings is 1. The van der Waals surface area contributed by atoms with Gasteiger partial charge in [0.2, 0.25) is 0 Å². The summed E-state index contributed by atoms with van der Waals surface area (Å²) in [5.74, 6) is 0. The summed E-state index contributed by atoms with van der Waals surface area (Å²) in [6.45, 7) is 5.88. The van der Waals surface area contributed by atoms with E-state index in [0.29, 0.717) is 6.04 Å². The number of benzene rings is 2. The fraction of sp³-hybridized carbons (Fsp3) is 0.368. The maximum atomic E-state index is 2.61. The van der Waals surface area contributed by atoms with Crippen LogP contribution in [0.2, 0.25) is 0 Å². The van der Waals surface area contributed by atoms with Crippen LogP contribution in [0.3, 0.4) is 0 Å². The van der Waals surface area contributed by atoms with Crippen LogP contribution in [-0.2, 0) is 0 Å². The molecule has 0 bridgehead atoms. The third-order valence-electron chi connectivity index (χ3n) is 4.84. The summed E-state index contributed by atoms with van der Waals surface area (Å²) in [5, 5.41) is 0. The molecule has 0 saturated carbocycles. The number of fused-ring (bicyclic) bond motifs is 2. The van der Waals surface area contributed by atoms with Gasteiger partial charge >= 0.3 is 0 Å². The van der Waals surface area contributed by atoms with Crippen LogP contribution >= 0.6 is 11.8 Å². The van der Waals surface area contributed by atoms with Gasteiger partial charge < -0.3 is 9.80 Å². The zero-order chi connectivity index (χ0) is 14.9. The van der Waals surface area contributed by atoms with E-state index in [1.54, 1.807) is 0 Å². The molecule has 0 atom stereocenters. The van der Waals surface area contributed by atoms with Crippen molar-refractivity contribution in [3.8, 4) is 0 Å². The molecule has 3 heteroatoms. The standard InChI is InChI=1S/C19H22N2S/c1-2-20-13-11-15(12-14-20)21-16-7-3-5-9-18(16)22-19-10-6-4-8-17(19)21/h3-10,15H,2,11-14H2,1H3. The second-order valence-corrected chi connectivity index (χ2v) is 7.16. The lowest BCUT2D eigenvalue weighted by Crippen LogP contribution is -2.43. The second-order valence-electron chi connectivity index (χ2n) is 6.07. The predicted molar refractivity (Wildman–Crippen MR) is 94.3 cm³/mol. The molecule has 0 radical (unpaired) electrons. The number of nitrogens with zero attached hydrogens (tertiary/aromatic N) is 2. The molecule has 0 N–H and O–H groups in total. The Bertz CT molecular complexity index is 616. The average Bonchev–Trinajstić information content (AvgIpc) is 2.60. The first-order valence-corrected chi connectivity index (χ1v) is 9.06. The monoisotopic (exact) mass is 310 g/mol. The van der Waals surface area contributed by atoms with Crippen LogP contribution in [0.15, 0.2) is 58.3 Å². The summed E-state index contributed by atoms with van der Waals surface area (Å²) in [4.78, 5) is 7.94. The minimum atomic E-state index is 0.617. The van der Waals surface area contributed by atoms with Gasteiger partial charge in [-0.25, -0.2) is 0 Å². The SMILES string of the molecule is CCN1CCC(N2c3ccccc3Sc3ccccc32)CC1. The molecule has 114 valence electrons. The van der Waals surface area contributed by atoms with Crippen LogP contribution < -0.4 is 4.90 Å². The number of para-hydroxylation sites is 2. The number of hydrogen-bond acceptors (Lipinski definition) is 3. The van der Waals surface area contributed by atoms with E-state index >= 15 is 0 Å². The fourth-order valence-corrected chi connectivity index (χ4v) is 4.69. The Balaban J connectivity index is 1.72. The summed E-state index contributed by atoms with van der Waals surface area (Å²) in [5.41, 5.74) is 2.78. The van der Waals surface area contributed by atoms with Crippen molar-refractivity contribution in [1.82, 2.24) is 4.90 Å². The van der Waals surface area contributed by atoms with Gasteiger partial charge in [0.1, 0.15) is 0 Å². The van der Waals surface area contributed by atoms with Gasteiger partial charge in [0.05, 0.1) is 11.4 Å². The van der Waals surface area contributed by atoms with E-state index in [1.807, 2.05) is 11.8 Å². The van der Waals surface area contributed by atoms with Crippen molar-refractivity contribution in [3.05, 3.63) is 48.5 Å². The molecule has 22 heavy (non-hydrogen) atoms. The highest BCUT2D eigenvalue weighted by Gasteiger charge is 2.30. The Morgan fingerprint density at radius 1 is 0.909 bits per heavy atom. The quantitative estimate of drug-likeness (QED) is 0.788. The molecule has 2 aromatic rings. The molecule has 4 rings (SSSR count). The Labute approximate surface area is 137 Å². The van der Waals surface area contributed by atoms with E-state index in [2.05, 4.69) is 65.3 Å². The maximum Gasteiger partial charge on any atom is 0.0555 e. The van der Waals surface area contributed by atoms with Gasteiger partial charge in [-0.05, 0) is 43.7 Å². The maximum absolute atomic E-state index is 2.61. The predicted octanol–water partition coefficient (Wildman–Crippen LogP) is 4.77. The first kappa shape index (κ1) is 14.2. The van der Waals surface area contributed by atoms with Crippen LogP contribution in [0.25, 0.3) is 0 Å². The van der Waals surface area contributed by atoms with E-state index in [4.69, 9.17) is 0 Å². The van der Waals surface area contributed by atoms with E-state index in [9.17, 15) is 0 Å². The lowest BCUT2D eigenvalue weighted by molar-refractivity contribution is 0.222. The Morgan fingerprint density at radius 3 is 2.00 bits per heavy atom. The molecule has 0 unspecified atom stereocenters. The highest BCUT2D eigenvalue weighted by molar-refractivity contribution is 7.99. The van der Waals surface area contributed by atoms with Crippen LogP contribution in [0, 0.1) is 0 Å². The van der Waals surface area contributed by atoms with E-state index in [1.165, 1.54) is 53.6 Å². The third-order valence-corrected chi connectivity index (χ3v) is 5.97. The van der Waals surface area contributed by atoms with Crippen molar-refractivity contribution in [3.63, 3.8) is 0 Å². The second kappa shape index (κ2) is 5.98. The smallest absolute Gasteiger partial charge is 0.0555 e. The lowest BCUT2D eigenvalue weighted by atomic mass is 10.0. The van der Waals surface area contributed by atoms with Gasteiger partial charge in [-0.2, -0.15) is 0 Å². The van der Waals surface area contributed by atoms with Gasteiger partial charge in [0, 0.05) is 28.9 Å². The number of anilines is 2. The average molecular weight is 310 g/mol. The van der Waals surface area contributed by atoms with Crippen LogP contribution in [0.5, 0.6) is 0 Å². The Morgan fingerprint density at radius 2 is 1.45 bits per heavy atom. The van der Waals surface area contributed by atoms with E-state index in [0.717, 1.165) is 0 Å². The highest BCUT2D eigenvalue weighted by atomic mass is 32.2. The third kappa shape index (κ3) is 2.42. The summed E-state index contributed by atoms with van der Waals surface area (Å²) in [7, 11) is 0. The summed E-state index contributed by atoms with van der Waals surface area (Å²) < 4.78 is 0. The first-order valence-electron chi connectivity index (χ1n) is 8.24. The zero-order valence-electron chi connectivity index (χ0n) is 13.0. The van der Waals surface area contributed by atoms with Crippen molar-refractivity contribution in [2.24, 2.45) is 0 Å². The van der Waals surface area contributed by atoms with Gasteiger partial charge in [-0.1, -0.05) is 43.0 Å². The Hall–Kier alpha value is -1.45. The molecule has 2 aliphatic heterocycles. The molecule has 0 aromatic heterocycles. The van der Waals surface area contributed by atoms with Crippen molar-refractivity contribution in [2.75, 3.05) is 24.5 Å². The molecule has 2 nitrogen and oxygen atoms in total. The van der Waals surface area contributed by atoms with Crippen molar-refractivity contribution >= 4 is 23.1 Å². The lowest BCUT2D eigenvalue weighted by Gasteiger charge is -2.42. The molecule has 1 fully saturated rings. The minimum absolute atomic E-state index is 0.617. The molecule has 2 heterocycles. The van der Waals surface area contributed by atoms with E-state index < -0.39 is 0 Å². The van der Waals surface area contributed by atoms with Gasteiger partial charge in [-0.15, -0.1) is 0 Å². The molecule has 0 amide bonds. The summed E-state index contributed by atoms with van der Waals surface area (Å²) in [6.07, 6.45) is 2.50. The number of likely N-dealkylation sites (tertiary alicyclic amines) is 1. The first-order chi connectivity index (χ1) is 10.9. The molecule has 2 aliphatic rings. The van der Waals surface area contributed by atoms with Crippen LogP contribution in [-0.4, -0.2) is 30.6 Å². The van der Waals surface area contributed by atoms with Gasteiger partial charge in [-0.3, -0.25) is 0 Å². The number of hydrogen-bond donors (Lipinski definition) is 0. The van der Waals surface area contributed by atoms with Gasteiger partial charge in [0.25, 0.3) is 0 Å². The number of rotatable bonds is 2. The van der Waals surface area contributed by atoms with Gasteiger partial charge in [0.15, 0.2) is 0 Å². The summed E-state index contributed by atoms with van der Waals surface area (Å²) >= 11 is 1.90. The topological polar surface area (TPSA) is 6.48 Å². The zero-order valence-corrected chi connectivity index (χ0v) is 13.9. The van der Waals surface area contributed by atoms with Crippen LogP contribution in [0.1, 0.15) is 19.8 Å². The molecule has 0 aliphatic carbocycles. The summed E-state index contributed by atoms with van der Waals surface area (Å²) in [6, 6.07) is 18.3. The molecular formula is C19H22N2S. The normalized spacial score (nSPS) is 18.9. The largest absolute Gasteiger partial charge is 0.336 e. The fourth-order valence-electron chi connectivity index (χ4n) is 3.62. The van der Waals surface area contributed by atoms with Crippen molar-refractivity contribution < 1.29 is 0 Å². The van der Waals surface area contributed by atoms with E-state index in [-0.39, 0.29) is 0 Å². The molecule has 1 saturated heterocycles. The van der Waals surface area contributed by atoms with Crippen molar-refractivity contribution in [1.29, 1.82) is 0 Å². The van der Waals surface area contributed by atoms with Crippen molar-refractivity contribution in [2.45, 2.75) is 35.6 Å². The molecule has 0 spiro atoms. The highest BCUT2D eigenvalue weighted by Crippen LogP contribution is 2.49. The molecular weight excluding hydrogens is 288 g/mol. The Kier molecular flexibility index (Phi) is 3.85.